The van der Waals surface area contributed by atoms with Crippen LogP contribution in [0.25, 0.3) is 22.6 Å². The van der Waals surface area contributed by atoms with Crippen molar-refractivity contribution in [3.63, 3.8) is 0 Å². The topological polar surface area (TPSA) is 60.0 Å². The zero-order valence-corrected chi connectivity index (χ0v) is 10.3. The molecule has 1 aromatic carbocycles. The lowest BCUT2D eigenvalue weighted by molar-refractivity contribution is 0.174. The lowest BCUT2D eigenvalue weighted by Gasteiger charge is -1.99. The average molecular weight is 253 g/mol. The zero-order chi connectivity index (χ0) is 12.8. The van der Waals surface area contributed by atoms with Gasteiger partial charge in [0.15, 0.2) is 17.1 Å². The smallest absolute Gasteiger partial charge is 0.231 e. The van der Waals surface area contributed by atoms with Gasteiger partial charge in [-0.15, -0.1) is 0 Å². The predicted molar refractivity (Wildman–Crippen MR) is 70.2 cm³/mol. The Morgan fingerprint density at radius 1 is 1.16 bits per heavy atom. The molecular formula is C14H11N3O2. The largest absolute Gasteiger partial charge is 0.454 e. The third kappa shape index (κ3) is 1.55. The summed E-state index contributed by atoms with van der Waals surface area (Å²) < 4.78 is 10.7. The first-order chi connectivity index (χ1) is 9.31. The van der Waals surface area contributed by atoms with E-state index in [0.717, 1.165) is 39.6 Å². The van der Waals surface area contributed by atoms with Crippen LogP contribution in [0.1, 0.15) is 5.56 Å². The van der Waals surface area contributed by atoms with E-state index in [9.17, 15) is 0 Å². The molecule has 1 aliphatic rings. The van der Waals surface area contributed by atoms with Crippen LogP contribution in [0.5, 0.6) is 11.5 Å². The van der Waals surface area contributed by atoms with E-state index in [0.29, 0.717) is 0 Å². The fourth-order valence-electron chi connectivity index (χ4n) is 2.22. The van der Waals surface area contributed by atoms with Gasteiger partial charge in [0.1, 0.15) is 5.82 Å². The van der Waals surface area contributed by atoms with Crippen molar-refractivity contribution in [2.75, 3.05) is 6.79 Å². The number of nitrogens with one attached hydrogen (secondary N) is 1. The molecule has 2 aromatic heterocycles. The van der Waals surface area contributed by atoms with E-state index in [-0.39, 0.29) is 6.79 Å². The number of hydrogen-bond acceptors (Lipinski definition) is 4. The summed E-state index contributed by atoms with van der Waals surface area (Å²) in [6.45, 7) is 2.31. The molecule has 94 valence electrons. The molecule has 0 radical (unpaired) electrons. The Labute approximate surface area is 109 Å². The number of H-pyrrole nitrogens is 1. The summed E-state index contributed by atoms with van der Waals surface area (Å²) in [6.07, 6.45) is 1.77. The van der Waals surface area contributed by atoms with E-state index < -0.39 is 0 Å². The van der Waals surface area contributed by atoms with Crippen molar-refractivity contribution in [3.05, 3.63) is 36.0 Å². The summed E-state index contributed by atoms with van der Waals surface area (Å²) in [5, 5.41) is 0. The van der Waals surface area contributed by atoms with Crippen molar-refractivity contribution in [2.24, 2.45) is 0 Å². The molecule has 0 amide bonds. The Morgan fingerprint density at radius 2 is 2.05 bits per heavy atom. The van der Waals surface area contributed by atoms with Gasteiger partial charge in [0, 0.05) is 11.8 Å². The van der Waals surface area contributed by atoms with E-state index in [4.69, 9.17) is 9.47 Å². The molecule has 0 spiro atoms. The monoisotopic (exact) mass is 253 g/mol. The van der Waals surface area contributed by atoms with Crippen LogP contribution in [0.15, 0.2) is 30.5 Å². The quantitative estimate of drug-likeness (QED) is 0.724. The summed E-state index contributed by atoms with van der Waals surface area (Å²) >= 11 is 0. The molecule has 1 aliphatic heterocycles. The Bertz CT molecular complexity index is 779. The van der Waals surface area contributed by atoms with Crippen LogP contribution < -0.4 is 9.47 Å². The molecule has 5 nitrogen and oxygen atoms in total. The molecule has 5 heteroatoms. The van der Waals surface area contributed by atoms with Gasteiger partial charge in [0.05, 0.1) is 5.52 Å². The third-order valence-corrected chi connectivity index (χ3v) is 3.25. The van der Waals surface area contributed by atoms with Gasteiger partial charge in [-0.1, -0.05) is 0 Å². The van der Waals surface area contributed by atoms with Gasteiger partial charge < -0.3 is 14.5 Å². The number of aryl methyl sites for hydroxylation is 1. The molecule has 19 heavy (non-hydrogen) atoms. The molecule has 0 bridgehead atoms. The van der Waals surface area contributed by atoms with Crippen LogP contribution in [0, 0.1) is 6.92 Å². The van der Waals surface area contributed by atoms with Gasteiger partial charge >= 0.3 is 0 Å². The van der Waals surface area contributed by atoms with Crippen LogP contribution >= 0.6 is 0 Å². The van der Waals surface area contributed by atoms with Crippen molar-refractivity contribution < 1.29 is 9.47 Å². The standard InChI is InChI=1S/C14H11N3O2/c1-8-4-5-15-14-12(8)16-13(17-14)9-2-3-10-11(6-9)19-7-18-10/h2-6H,7H2,1H3,(H,15,16,17). The number of nitrogens with zero attached hydrogens (tertiary/aromatic N) is 2. The molecule has 0 saturated carbocycles. The molecule has 3 heterocycles. The van der Waals surface area contributed by atoms with E-state index in [1.807, 2.05) is 31.2 Å². The Kier molecular flexibility index (Phi) is 2.03. The van der Waals surface area contributed by atoms with Crippen LogP contribution in [-0.4, -0.2) is 21.7 Å². The summed E-state index contributed by atoms with van der Waals surface area (Å²) in [6, 6.07) is 7.74. The van der Waals surface area contributed by atoms with Crippen molar-refractivity contribution in [1.29, 1.82) is 0 Å². The number of fused-ring (bicyclic) bond motifs is 2. The molecule has 0 atom stereocenters. The number of aromatic nitrogens is 3. The van der Waals surface area contributed by atoms with E-state index in [2.05, 4.69) is 15.0 Å². The second kappa shape index (κ2) is 3.71. The van der Waals surface area contributed by atoms with Crippen LogP contribution in [0.3, 0.4) is 0 Å². The van der Waals surface area contributed by atoms with Crippen LogP contribution in [0.4, 0.5) is 0 Å². The number of aromatic amines is 1. The summed E-state index contributed by atoms with van der Waals surface area (Å²) in [5.74, 6) is 2.31. The highest BCUT2D eigenvalue weighted by Gasteiger charge is 2.15. The maximum absolute atomic E-state index is 5.38. The van der Waals surface area contributed by atoms with Crippen LogP contribution in [-0.2, 0) is 0 Å². The van der Waals surface area contributed by atoms with Gasteiger partial charge in [-0.05, 0) is 36.8 Å². The number of benzene rings is 1. The fraction of sp³-hybridized carbons (Fsp3) is 0.143. The molecule has 1 N–H and O–H groups in total. The highest BCUT2D eigenvalue weighted by atomic mass is 16.7. The Morgan fingerprint density at radius 3 is 2.95 bits per heavy atom. The average Bonchev–Trinajstić information content (AvgIpc) is 3.04. The molecule has 0 fully saturated rings. The highest BCUT2D eigenvalue weighted by molar-refractivity contribution is 5.79. The van der Waals surface area contributed by atoms with E-state index in [1.54, 1.807) is 6.20 Å². The third-order valence-electron chi connectivity index (χ3n) is 3.25. The predicted octanol–water partition coefficient (Wildman–Crippen LogP) is 2.66. The number of pyridine rings is 1. The van der Waals surface area contributed by atoms with Gasteiger partial charge in [-0.25, -0.2) is 9.97 Å². The van der Waals surface area contributed by atoms with Crippen molar-refractivity contribution in [1.82, 2.24) is 15.0 Å². The van der Waals surface area contributed by atoms with Crippen molar-refractivity contribution in [2.45, 2.75) is 6.92 Å². The van der Waals surface area contributed by atoms with Crippen molar-refractivity contribution >= 4 is 11.2 Å². The number of imidazole rings is 1. The van der Waals surface area contributed by atoms with Crippen LogP contribution in [0.2, 0.25) is 0 Å². The van der Waals surface area contributed by atoms with Gasteiger partial charge in [-0.2, -0.15) is 0 Å². The SMILES string of the molecule is Cc1ccnc2nc(-c3ccc4c(c3)OCO4)[nH]c12. The normalized spacial score (nSPS) is 13.1. The van der Waals surface area contributed by atoms with E-state index >= 15 is 0 Å². The first-order valence-corrected chi connectivity index (χ1v) is 6.02. The zero-order valence-electron chi connectivity index (χ0n) is 10.3. The van der Waals surface area contributed by atoms with Gasteiger partial charge in [0.25, 0.3) is 0 Å². The second-order valence-corrected chi connectivity index (χ2v) is 4.48. The molecule has 4 rings (SSSR count). The minimum atomic E-state index is 0.277. The first kappa shape index (κ1) is 10.4. The molecule has 0 saturated heterocycles. The van der Waals surface area contributed by atoms with Crippen molar-refractivity contribution in [3.8, 4) is 22.9 Å². The summed E-state index contributed by atoms with van der Waals surface area (Å²) in [7, 11) is 0. The highest BCUT2D eigenvalue weighted by Crippen LogP contribution is 2.35. The molecule has 0 unspecified atom stereocenters. The first-order valence-electron chi connectivity index (χ1n) is 6.02. The molecule has 3 aromatic rings. The Balaban J connectivity index is 1.88. The minimum Gasteiger partial charge on any atom is -0.454 e. The Hall–Kier alpha value is -2.56. The summed E-state index contributed by atoms with van der Waals surface area (Å²) in [4.78, 5) is 12.1. The fourth-order valence-corrected chi connectivity index (χ4v) is 2.22. The van der Waals surface area contributed by atoms with Gasteiger partial charge in [-0.3, -0.25) is 0 Å². The second-order valence-electron chi connectivity index (χ2n) is 4.48. The number of ether oxygens (including phenoxy) is 2. The number of rotatable bonds is 1. The lowest BCUT2D eigenvalue weighted by atomic mass is 10.2. The molecule has 0 aliphatic carbocycles. The maximum Gasteiger partial charge on any atom is 0.231 e. The lowest BCUT2D eigenvalue weighted by Crippen LogP contribution is -1.92. The van der Waals surface area contributed by atoms with E-state index in [1.165, 1.54) is 0 Å². The van der Waals surface area contributed by atoms with Gasteiger partial charge in [0.2, 0.25) is 6.79 Å². The summed E-state index contributed by atoms with van der Waals surface area (Å²) in [5.41, 5.74) is 3.79. The minimum absolute atomic E-state index is 0.277. The maximum atomic E-state index is 5.38. The molecular weight excluding hydrogens is 242 g/mol. The number of hydrogen-bond donors (Lipinski definition) is 1.